The van der Waals surface area contributed by atoms with E-state index in [1.54, 1.807) is 6.92 Å². The standard InChI is InChI=1S/C19H18F3N3O2/c1-10-13(11-2-4-14(20)15(21)8-11)6-7-25(10)19(27)24-17-5-3-12(18(23)26)9-16(17)22/h2-5,8-10,13H,6-7H2,1H3,(H2,23,26)(H,24,27). The molecule has 1 heterocycles. The molecule has 1 aliphatic heterocycles. The van der Waals surface area contributed by atoms with Crippen molar-refractivity contribution in [2.24, 2.45) is 5.73 Å². The molecule has 0 aliphatic carbocycles. The molecule has 1 fully saturated rings. The van der Waals surface area contributed by atoms with Crippen LogP contribution in [-0.4, -0.2) is 29.4 Å². The van der Waals surface area contributed by atoms with Gasteiger partial charge in [0.1, 0.15) is 5.82 Å². The quantitative estimate of drug-likeness (QED) is 0.857. The Morgan fingerprint density at radius 1 is 1.07 bits per heavy atom. The van der Waals surface area contributed by atoms with Crippen LogP contribution in [0.2, 0.25) is 0 Å². The molecule has 0 spiro atoms. The maximum absolute atomic E-state index is 14.1. The Balaban J connectivity index is 1.72. The first-order valence-electron chi connectivity index (χ1n) is 8.40. The van der Waals surface area contributed by atoms with Crippen LogP contribution in [-0.2, 0) is 0 Å². The molecule has 3 rings (SSSR count). The molecule has 8 heteroatoms. The SMILES string of the molecule is CC1C(c2ccc(F)c(F)c2)CCN1C(=O)Nc1ccc(C(N)=O)cc1F. The fraction of sp³-hybridized carbons (Fsp3) is 0.263. The number of halogens is 3. The summed E-state index contributed by atoms with van der Waals surface area (Å²) in [6.07, 6.45) is 0.572. The Kier molecular flexibility index (Phi) is 5.07. The smallest absolute Gasteiger partial charge is 0.322 e. The van der Waals surface area contributed by atoms with E-state index in [1.165, 1.54) is 23.1 Å². The van der Waals surface area contributed by atoms with Crippen LogP contribution in [0, 0.1) is 17.5 Å². The number of urea groups is 1. The molecular formula is C19H18F3N3O2. The van der Waals surface area contributed by atoms with Gasteiger partial charge < -0.3 is 16.0 Å². The Hall–Kier alpha value is -3.03. The molecule has 0 bridgehead atoms. The maximum Gasteiger partial charge on any atom is 0.322 e. The van der Waals surface area contributed by atoms with Gasteiger partial charge in [-0.15, -0.1) is 0 Å². The van der Waals surface area contributed by atoms with Gasteiger partial charge in [0.15, 0.2) is 11.6 Å². The second kappa shape index (κ2) is 7.30. The highest BCUT2D eigenvalue weighted by Crippen LogP contribution is 2.34. The van der Waals surface area contributed by atoms with Gasteiger partial charge in [0, 0.05) is 24.1 Å². The van der Waals surface area contributed by atoms with Crippen LogP contribution in [0.15, 0.2) is 36.4 Å². The highest BCUT2D eigenvalue weighted by molar-refractivity contribution is 5.94. The summed E-state index contributed by atoms with van der Waals surface area (Å²) < 4.78 is 40.7. The van der Waals surface area contributed by atoms with E-state index in [-0.39, 0.29) is 23.2 Å². The molecule has 27 heavy (non-hydrogen) atoms. The number of nitrogens with one attached hydrogen (secondary N) is 1. The average Bonchev–Trinajstić information content (AvgIpc) is 3.00. The average molecular weight is 377 g/mol. The molecule has 0 radical (unpaired) electrons. The lowest BCUT2D eigenvalue weighted by Gasteiger charge is -2.25. The van der Waals surface area contributed by atoms with Crippen molar-refractivity contribution < 1.29 is 22.8 Å². The number of nitrogens with two attached hydrogens (primary N) is 1. The molecule has 3 N–H and O–H groups in total. The lowest BCUT2D eigenvalue weighted by molar-refractivity contribution is 0.1000. The van der Waals surface area contributed by atoms with Crippen molar-refractivity contribution in [2.75, 3.05) is 11.9 Å². The van der Waals surface area contributed by atoms with E-state index in [0.29, 0.717) is 18.5 Å². The van der Waals surface area contributed by atoms with Crippen LogP contribution in [0.5, 0.6) is 0 Å². The van der Waals surface area contributed by atoms with Crippen LogP contribution in [0.25, 0.3) is 0 Å². The normalized spacial score (nSPS) is 19.2. The summed E-state index contributed by atoms with van der Waals surface area (Å²) >= 11 is 0. The summed E-state index contributed by atoms with van der Waals surface area (Å²) in [5.41, 5.74) is 5.62. The molecule has 2 aromatic rings. The monoisotopic (exact) mass is 377 g/mol. The number of primary amides is 1. The molecule has 2 atom stereocenters. The molecule has 2 aromatic carbocycles. The molecule has 142 valence electrons. The van der Waals surface area contributed by atoms with E-state index in [9.17, 15) is 22.8 Å². The van der Waals surface area contributed by atoms with Gasteiger partial charge >= 0.3 is 6.03 Å². The van der Waals surface area contributed by atoms with Crippen LogP contribution in [0.3, 0.4) is 0 Å². The van der Waals surface area contributed by atoms with Crippen molar-refractivity contribution in [3.05, 3.63) is 65.0 Å². The van der Waals surface area contributed by atoms with Crippen molar-refractivity contribution in [1.29, 1.82) is 0 Å². The molecule has 5 nitrogen and oxygen atoms in total. The second-order valence-electron chi connectivity index (χ2n) is 6.49. The van der Waals surface area contributed by atoms with Crippen LogP contribution in [0.4, 0.5) is 23.7 Å². The Labute approximate surface area is 154 Å². The number of rotatable bonds is 3. The molecule has 2 unspecified atom stereocenters. The summed E-state index contributed by atoms with van der Waals surface area (Å²) in [5.74, 6) is -3.56. The number of likely N-dealkylation sites (tertiary alicyclic amines) is 1. The van der Waals surface area contributed by atoms with Gasteiger partial charge in [-0.1, -0.05) is 6.07 Å². The number of benzene rings is 2. The van der Waals surface area contributed by atoms with Crippen molar-refractivity contribution in [2.45, 2.75) is 25.3 Å². The number of carbonyl (C=O) groups is 2. The third-order valence-corrected chi connectivity index (χ3v) is 4.88. The minimum absolute atomic E-state index is 0.00144. The summed E-state index contributed by atoms with van der Waals surface area (Å²) in [6, 6.07) is 6.44. The van der Waals surface area contributed by atoms with Crippen molar-refractivity contribution >= 4 is 17.6 Å². The van der Waals surface area contributed by atoms with E-state index in [0.717, 1.165) is 18.2 Å². The minimum atomic E-state index is -0.931. The number of amides is 3. The number of carbonyl (C=O) groups excluding carboxylic acids is 2. The van der Waals surface area contributed by atoms with Crippen molar-refractivity contribution in [3.8, 4) is 0 Å². The lowest BCUT2D eigenvalue weighted by Crippen LogP contribution is -2.38. The topological polar surface area (TPSA) is 75.4 Å². The molecule has 1 aliphatic rings. The first-order chi connectivity index (χ1) is 12.8. The maximum atomic E-state index is 14.1. The van der Waals surface area contributed by atoms with Gasteiger partial charge in [-0.05, 0) is 49.2 Å². The van der Waals surface area contributed by atoms with Crippen molar-refractivity contribution in [3.63, 3.8) is 0 Å². The fourth-order valence-electron chi connectivity index (χ4n) is 3.37. The lowest BCUT2D eigenvalue weighted by atomic mass is 9.92. The van der Waals surface area contributed by atoms with E-state index in [4.69, 9.17) is 5.73 Å². The van der Waals surface area contributed by atoms with E-state index >= 15 is 0 Å². The van der Waals surface area contributed by atoms with Gasteiger partial charge in [-0.3, -0.25) is 4.79 Å². The number of hydrogen-bond donors (Lipinski definition) is 2. The zero-order valence-corrected chi connectivity index (χ0v) is 14.5. The zero-order chi connectivity index (χ0) is 19.7. The highest BCUT2D eigenvalue weighted by Gasteiger charge is 2.35. The van der Waals surface area contributed by atoms with E-state index in [1.807, 2.05) is 0 Å². The largest absolute Gasteiger partial charge is 0.366 e. The predicted octanol–water partition coefficient (Wildman–Crippen LogP) is 3.61. The van der Waals surface area contributed by atoms with Gasteiger partial charge in [-0.25, -0.2) is 18.0 Å². The first kappa shape index (κ1) is 18.8. The second-order valence-corrected chi connectivity index (χ2v) is 6.49. The Morgan fingerprint density at radius 3 is 2.44 bits per heavy atom. The Bertz CT molecular complexity index is 904. The van der Waals surface area contributed by atoms with Gasteiger partial charge in [0.25, 0.3) is 0 Å². The summed E-state index contributed by atoms with van der Waals surface area (Å²) in [4.78, 5) is 25.1. The van der Waals surface area contributed by atoms with Gasteiger partial charge in [0.05, 0.1) is 5.69 Å². The summed E-state index contributed by atoms with van der Waals surface area (Å²) in [7, 11) is 0. The van der Waals surface area contributed by atoms with Gasteiger partial charge in [0.2, 0.25) is 5.91 Å². The predicted molar refractivity (Wildman–Crippen MR) is 93.8 cm³/mol. The van der Waals surface area contributed by atoms with E-state index < -0.39 is 29.4 Å². The van der Waals surface area contributed by atoms with Crippen molar-refractivity contribution in [1.82, 2.24) is 4.90 Å². The summed E-state index contributed by atoms with van der Waals surface area (Å²) in [6.45, 7) is 2.18. The zero-order valence-electron chi connectivity index (χ0n) is 14.5. The molecule has 0 saturated carbocycles. The molecule has 1 saturated heterocycles. The third kappa shape index (κ3) is 3.74. The van der Waals surface area contributed by atoms with Crippen LogP contribution < -0.4 is 11.1 Å². The number of anilines is 1. The summed E-state index contributed by atoms with van der Waals surface area (Å²) in [5, 5.41) is 2.47. The van der Waals surface area contributed by atoms with Crippen LogP contribution in [0.1, 0.15) is 35.2 Å². The number of nitrogens with zero attached hydrogens (tertiary/aromatic N) is 1. The molecule has 3 amide bonds. The molecule has 0 aromatic heterocycles. The van der Waals surface area contributed by atoms with E-state index in [2.05, 4.69) is 5.32 Å². The number of hydrogen-bond acceptors (Lipinski definition) is 2. The minimum Gasteiger partial charge on any atom is -0.366 e. The third-order valence-electron chi connectivity index (χ3n) is 4.88. The van der Waals surface area contributed by atoms with Crippen LogP contribution >= 0.6 is 0 Å². The first-order valence-corrected chi connectivity index (χ1v) is 8.40. The molecular weight excluding hydrogens is 359 g/mol. The highest BCUT2D eigenvalue weighted by atomic mass is 19.2. The fourth-order valence-corrected chi connectivity index (χ4v) is 3.37. The Morgan fingerprint density at radius 2 is 1.81 bits per heavy atom. The van der Waals surface area contributed by atoms with Gasteiger partial charge in [-0.2, -0.15) is 0 Å².